The largest absolute Gasteiger partial charge is 0.355 e. The molecule has 0 radical (unpaired) electrons. The van der Waals surface area contributed by atoms with Gasteiger partial charge in [-0.25, -0.2) is 5.14 Å². The summed E-state index contributed by atoms with van der Waals surface area (Å²) in [6, 6.07) is 0. The Balaban J connectivity index is 2.30. The molecule has 0 aromatic carbocycles. The fourth-order valence-electron chi connectivity index (χ4n) is 1.39. The average Bonchev–Trinajstić information content (AvgIpc) is 2.67. The molecule has 2 heterocycles. The van der Waals surface area contributed by atoms with Gasteiger partial charge in [0.25, 0.3) is 10.2 Å². The van der Waals surface area contributed by atoms with Crippen LogP contribution in [0.15, 0.2) is 18.6 Å². The lowest BCUT2D eigenvalue weighted by Crippen LogP contribution is -2.36. The maximum atomic E-state index is 11.2. The summed E-state index contributed by atoms with van der Waals surface area (Å²) in [6.07, 6.45) is 3.67. The zero-order valence-electron chi connectivity index (χ0n) is 7.78. The quantitative estimate of drug-likeness (QED) is 0.703. The standard InChI is InChI=1S/C7H10N4O3S/c8-15(12,13)11-3-4-14-7(11)6-5-9-1-2-10-6/h1-2,5,7H,3-4H2,(H2,8,12,13). The first kappa shape index (κ1) is 10.4. The fourth-order valence-corrected chi connectivity index (χ4v) is 2.15. The summed E-state index contributed by atoms with van der Waals surface area (Å²) in [6.45, 7) is 0.539. The van der Waals surface area contributed by atoms with E-state index < -0.39 is 16.4 Å². The Morgan fingerprint density at radius 2 is 2.33 bits per heavy atom. The van der Waals surface area contributed by atoms with Crippen molar-refractivity contribution >= 4 is 10.2 Å². The molecule has 15 heavy (non-hydrogen) atoms. The molecule has 8 heteroatoms. The molecule has 0 amide bonds. The van der Waals surface area contributed by atoms with E-state index in [4.69, 9.17) is 9.88 Å². The topological polar surface area (TPSA) is 98.4 Å². The number of ether oxygens (including phenoxy) is 1. The van der Waals surface area contributed by atoms with Crippen LogP contribution < -0.4 is 5.14 Å². The molecule has 2 N–H and O–H groups in total. The predicted molar refractivity (Wildman–Crippen MR) is 50.5 cm³/mol. The van der Waals surface area contributed by atoms with Crippen LogP contribution in [0.3, 0.4) is 0 Å². The molecule has 0 bridgehead atoms. The molecular weight excluding hydrogens is 220 g/mol. The van der Waals surface area contributed by atoms with Crippen molar-refractivity contribution in [3.8, 4) is 0 Å². The molecule has 1 aromatic rings. The summed E-state index contributed by atoms with van der Waals surface area (Å²) in [7, 11) is -3.76. The average molecular weight is 230 g/mol. The monoisotopic (exact) mass is 230 g/mol. The summed E-state index contributed by atoms with van der Waals surface area (Å²) < 4.78 is 28.7. The van der Waals surface area contributed by atoms with E-state index in [1.165, 1.54) is 18.6 Å². The summed E-state index contributed by atoms with van der Waals surface area (Å²) in [4.78, 5) is 7.82. The van der Waals surface area contributed by atoms with Crippen LogP contribution in [-0.4, -0.2) is 35.8 Å². The smallest absolute Gasteiger partial charge is 0.279 e. The maximum Gasteiger partial charge on any atom is 0.279 e. The molecule has 7 nitrogen and oxygen atoms in total. The van der Waals surface area contributed by atoms with Crippen LogP contribution in [0.25, 0.3) is 0 Å². The third kappa shape index (κ3) is 2.12. The third-order valence-electron chi connectivity index (χ3n) is 2.01. The lowest BCUT2D eigenvalue weighted by atomic mass is 10.4. The van der Waals surface area contributed by atoms with Crippen molar-refractivity contribution in [2.75, 3.05) is 13.2 Å². The molecule has 2 rings (SSSR count). The number of nitrogens with two attached hydrogens (primary N) is 1. The van der Waals surface area contributed by atoms with E-state index in [2.05, 4.69) is 9.97 Å². The van der Waals surface area contributed by atoms with Gasteiger partial charge >= 0.3 is 0 Å². The Hall–Kier alpha value is -1.09. The second kappa shape index (κ2) is 3.81. The molecule has 82 valence electrons. The van der Waals surface area contributed by atoms with Gasteiger partial charge in [0.15, 0.2) is 6.23 Å². The fraction of sp³-hybridized carbons (Fsp3) is 0.429. The van der Waals surface area contributed by atoms with Gasteiger partial charge in [-0.2, -0.15) is 12.7 Å². The van der Waals surface area contributed by atoms with Crippen molar-refractivity contribution in [2.45, 2.75) is 6.23 Å². The number of hydrogen-bond acceptors (Lipinski definition) is 5. The first-order valence-electron chi connectivity index (χ1n) is 4.26. The summed E-state index contributed by atoms with van der Waals surface area (Å²) in [5.74, 6) is 0. The molecule has 1 aliphatic heterocycles. The minimum absolute atomic E-state index is 0.236. The van der Waals surface area contributed by atoms with Crippen LogP contribution in [0, 0.1) is 0 Å². The van der Waals surface area contributed by atoms with Gasteiger partial charge in [-0.3, -0.25) is 9.97 Å². The van der Waals surface area contributed by atoms with E-state index in [-0.39, 0.29) is 6.54 Å². The molecule has 0 saturated carbocycles. The maximum absolute atomic E-state index is 11.2. The van der Waals surface area contributed by atoms with E-state index in [1.807, 2.05) is 0 Å². The Morgan fingerprint density at radius 3 is 2.93 bits per heavy atom. The van der Waals surface area contributed by atoms with E-state index in [1.54, 1.807) is 0 Å². The van der Waals surface area contributed by atoms with Crippen LogP contribution in [0.2, 0.25) is 0 Å². The third-order valence-corrected chi connectivity index (χ3v) is 3.04. The molecule has 1 aromatic heterocycles. The zero-order valence-corrected chi connectivity index (χ0v) is 8.59. The van der Waals surface area contributed by atoms with Gasteiger partial charge in [-0.1, -0.05) is 0 Å². The second-order valence-electron chi connectivity index (χ2n) is 3.01. The Labute approximate surface area is 87.1 Å². The zero-order chi connectivity index (χ0) is 10.9. The predicted octanol–water partition coefficient (Wildman–Crippen LogP) is -0.989. The molecule has 1 atom stereocenters. The lowest BCUT2D eigenvalue weighted by Gasteiger charge is -2.18. The van der Waals surface area contributed by atoms with E-state index in [0.29, 0.717) is 12.3 Å². The van der Waals surface area contributed by atoms with Crippen LogP contribution in [-0.2, 0) is 14.9 Å². The van der Waals surface area contributed by atoms with Gasteiger partial charge in [-0.05, 0) is 0 Å². The minimum atomic E-state index is -3.76. The molecule has 1 aliphatic rings. The van der Waals surface area contributed by atoms with Crippen molar-refractivity contribution in [3.05, 3.63) is 24.3 Å². The molecule has 0 aliphatic carbocycles. The first-order valence-corrected chi connectivity index (χ1v) is 5.76. The molecule has 0 spiro atoms. The Kier molecular flexibility index (Phi) is 2.65. The van der Waals surface area contributed by atoms with Crippen molar-refractivity contribution in [1.82, 2.24) is 14.3 Å². The van der Waals surface area contributed by atoms with E-state index >= 15 is 0 Å². The SMILES string of the molecule is NS(=O)(=O)N1CCOC1c1cnccn1. The molecule has 1 saturated heterocycles. The lowest BCUT2D eigenvalue weighted by molar-refractivity contribution is 0.0644. The van der Waals surface area contributed by atoms with Gasteiger partial charge in [0.05, 0.1) is 12.8 Å². The molecule has 1 fully saturated rings. The van der Waals surface area contributed by atoms with Crippen LogP contribution in [0.4, 0.5) is 0 Å². The summed E-state index contributed by atoms with van der Waals surface area (Å²) in [5.41, 5.74) is 0.434. The van der Waals surface area contributed by atoms with Crippen LogP contribution in [0.1, 0.15) is 11.9 Å². The first-order chi connectivity index (χ1) is 7.09. The van der Waals surface area contributed by atoms with Crippen molar-refractivity contribution in [1.29, 1.82) is 0 Å². The van der Waals surface area contributed by atoms with Gasteiger partial charge < -0.3 is 4.74 Å². The number of aromatic nitrogens is 2. The Morgan fingerprint density at radius 1 is 1.53 bits per heavy atom. The molecule has 1 unspecified atom stereocenters. The number of nitrogens with zero attached hydrogens (tertiary/aromatic N) is 3. The van der Waals surface area contributed by atoms with E-state index in [0.717, 1.165) is 4.31 Å². The highest BCUT2D eigenvalue weighted by Gasteiger charge is 2.35. The summed E-state index contributed by atoms with van der Waals surface area (Å²) >= 11 is 0. The Bertz CT molecular complexity index is 435. The molecular formula is C7H10N4O3S. The highest BCUT2D eigenvalue weighted by atomic mass is 32.2. The minimum Gasteiger partial charge on any atom is -0.355 e. The van der Waals surface area contributed by atoms with Gasteiger partial charge in [0.2, 0.25) is 0 Å². The van der Waals surface area contributed by atoms with Crippen LogP contribution >= 0.6 is 0 Å². The van der Waals surface area contributed by atoms with E-state index in [9.17, 15) is 8.42 Å². The number of rotatable bonds is 2. The summed E-state index contributed by atoms with van der Waals surface area (Å²) in [5, 5.41) is 5.04. The number of hydrogen-bond donors (Lipinski definition) is 1. The van der Waals surface area contributed by atoms with Gasteiger partial charge in [0, 0.05) is 18.9 Å². The normalized spacial score (nSPS) is 23.1. The highest BCUT2D eigenvalue weighted by molar-refractivity contribution is 7.86. The highest BCUT2D eigenvalue weighted by Crippen LogP contribution is 2.25. The van der Waals surface area contributed by atoms with Crippen molar-refractivity contribution < 1.29 is 13.2 Å². The van der Waals surface area contributed by atoms with Gasteiger partial charge in [-0.15, -0.1) is 0 Å². The van der Waals surface area contributed by atoms with Crippen molar-refractivity contribution in [3.63, 3.8) is 0 Å². The second-order valence-corrected chi connectivity index (χ2v) is 4.51. The van der Waals surface area contributed by atoms with Gasteiger partial charge in [0.1, 0.15) is 5.69 Å². The van der Waals surface area contributed by atoms with Crippen molar-refractivity contribution in [2.24, 2.45) is 5.14 Å². The van der Waals surface area contributed by atoms with Crippen LogP contribution in [0.5, 0.6) is 0 Å².